The Bertz CT molecular complexity index is 417. The average Bonchev–Trinajstić information content (AvgIpc) is 3.13. The number of benzene rings is 1. The lowest BCUT2D eigenvalue weighted by Crippen LogP contribution is -2.41. The van der Waals surface area contributed by atoms with Gasteiger partial charge in [-0.3, -0.25) is 4.90 Å². The van der Waals surface area contributed by atoms with Crippen LogP contribution in [0.3, 0.4) is 0 Å². The largest absolute Gasteiger partial charge is 0.315 e. The van der Waals surface area contributed by atoms with Gasteiger partial charge in [-0.1, -0.05) is 50.1 Å². The fourth-order valence-electron chi connectivity index (χ4n) is 3.53. The Hall–Kier alpha value is -0.510. The highest BCUT2D eigenvalue weighted by Crippen LogP contribution is 2.26. The summed E-state index contributed by atoms with van der Waals surface area (Å²) in [5.41, 5.74) is 1.43. The Morgan fingerprint density at radius 2 is 1.92 bits per heavy atom. The Balaban J connectivity index is 1.54. The van der Waals surface area contributed by atoms with E-state index in [2.05, 4.69) is 54.4 Å². The van der Waals surface area contributed by atoms with Gasteiger partial charge < -0.3 is 5.32 Å². The summed E-state index contributed by atoms with van der Waals surface area (Å²) in [4.78, 5) is 2.72. The molecule has 0 aromatic heterocycles. The first-order valence-electron chi connectivity index (χ1n) is 9.86. The van der Waals surface area contributed by atoms with Gasteiger partial charge >= 0.3 is 0 Å². The fourth-order valence-corrected chi connectivity index (χ4v) is 4.39. The second-order valence-corrected chi connectivity index (χ2v) is 8.30. The van der Waals surface area contributed by atoms with E-state index >= 15 is 0 Å². The summed E-state index contributed by atoms with van der Waals surface area (Å²) in [6.45, 7) is 9.48. The smallest absolute Gasteiger partial charge is 0.0185 e. The normalized spacial score (nSPS) is 16.8. The highest BCUT2D eigenvalue weighted by molar-refractivity contribution is 7.98. The van der Waals surface area contributed by atoms with Crippen LogP contribution >= 0.6 is 11.8 Å². The number of nitrogens with zero attached hydrogens (tertiary/aromatic N) is 1. The first-order chi connectivity index (χ1) is 11.8. The lowest BCUT2D eigenvalue weighted by Gasteiger charge is -2.31. The van der Waals surface area contributed by atoms with Gasteiger partial charge in [-0.25, -0.2) is 0 Å². The third-order valence-electron chi connectivity index (χ3n) is 5.29. The van der Waals surface area contributed by atoms with Crippen molar-refractivity contribution in [3.63, 3.8) is 0 Å². The molecule has 0 radical (unpaired) electrons. The predicted octanol–water partition coefficient (Wildman–Crippen LogP) is 4.80. The zero-order chi connectivity index (χ0) is 17.0. The van der Waals surface area contributed by atoms with E-state index in [0.717, 1.165) is 30.8 Å². The zero-order valence-corrected chi connectivity index (χ0v) is 16.5. The molecule has 24 heavy (non-hydrogen) atoms. The molecular formula is C21H36N2S. The van der Waals surface area contributed by atoms with Crippen molar-refractivity contribution in [2.75, 3.05) is 31.9 Å². The van der Waals surface area contributed by atoms with Crippen LogP contribution < -0.4 is 5.32 Å². The highest BCUT2D eigenvalue weighted by Gasteiger charge is 2.20. The number of hydrogen-bond donors (Lipinski definition) is 1. The van der Waals surface area contributed by atoms with Gasteiger partial charge in [0, 0.05) is 43.7 Å². The fraction of sp³-hybridized carbons (Fsp3) is 0.714. The minimum Gasteiger partial charge on any atom is -0.315 e. The molecule has 0 amide bonds. The Morgan fingerprint density at radius 3 is 2.62 bits per heavy atom. The predicted molar refractivity (Wildman–Crippen MR) is 109 cm³/mol. The van der Waals surface area contributed by atoms with Crippen LogP contribution in [0.1, 0.15) is 51.5 Å². The van der Waals surface area contributed by atoms with E-state index in [0.29, 0.717) is 0 Å². The number of nitrogens with one attached hydrogen (secondary N) is 1. The van der Waals surface area contributed by atoms with E-state index in [-0.39, 0.29) is 0 Å². The zero-order valence-electron chi connectivity index (χ0n) is 15.7. The molecule has 1 atom stereocenters. The number of hydrogen-bond acceptors (Lipinski definition) is 3. The summed E-state index contributed by atoms with van der Waals surface area (Å²) < 4.78 is 0. The van der Waals surface area contributed by atoms with Crippen LogP contribution in [0.15, 0.2) is 30.3 Å². The summed E-state index contributed by atoms with van der Waals surface area (Å²) in [5.74, 6) is 3.28. The maximum absolute atomic E-state index is 3.64. The molecule has 136 valence electrons. The molecule has 0 saturated heterocycles. The quantitative estimate of drug-likeness (QED) is 0.546. The first kappa shape index (κ1) is 19.8. The third kappa shape index (κ3) is 7.58. The van der Waals surface area contributed by atoms with E-state index in [4.69, 9.17) is 0 Å². The molecule has 3 heteroatoms. The topological polar surface area (TPSA) is 15.3 Å². The second-order valence-electron chi connectivity index (χ2n) is 7.19. The molecule has 2 nitrogen and oxygen atoms in total. The van der Waals surface area contributed by atoms with Crippen molar-refractivity contribution >= 4 is 11.8 Å². The van der Waals surface area contributed by atoms with Crippen molar-refractivity contribution in [1.82, 2.24) is 10.2 Å². The molecule has 1 aliphatic rings. The van der Waals surface area contributed by atoms with Crippen molar-refractivity contribution in [1.29, 1.82) is 0 Å². The lowest BCUT2D eigenvalue weighted by atomic mass is 10.1. The van der Waals surface area contributed by atoms with Crippen LogP contribution in [0.4, 0.5) is 0 Å². The van der Waals surface area contributed by atoms with E-state index < -0.39 is 0 Å². The molecule has 2 rings (SSSR count). The Kier molecular flexibility index (Phi) is 9.86. The summed E-state index contributed by atoms with van der Waals surface area (Å²) in [6, 6.07) is 11.5. The third-order valence-corrected chi connectivity index (χ3v) is 6.32. The van der Waals surface area contributed by atoms with Gasteiger partial charge in [-0.05, 0) is 37.7 Å². The van der Waals surface area contributed by atoms with Crippen molar-refractivity contribution < 1.29 is 0 Å². The maximum atomic E-state index is 3.64. The van der Waals surface area contributed by atoms with Crippen molar-refractivity contribution in [2.24, 2.45) is 5.92 Å². The summed E-state index contributed by atoms with van der Waals surface area (Å²) in [6.07, 6.45) is 7.08. The number of rotatable bonds is 12. The van der Waals surface area contributed by atoms with Crippen LogP contribution in [0.25, 0.3) is 0 Å². The van der Waals surface area contributed by atoms with Crippen molar-refractivity contribution in [3.8, 4) is 0 Å². The highest BCUT2D eigenvalue weighted by atomic mass is 32.2. The van der Waals surface area contributed by atoms with Gasteiger partial charge in [-0.2, -0.15) is 11.8 Å². The molecule has 1 aliphatic carbocycles. The molecule has 1 unspecified atom stereocenters. The molecule has 1 aromatic carbocycles. The minimum atomic E-state index is 0.722. The van der Waals surface area contributed by atoms with Crippen molar-refractivity contribution in [2.45, 2.75) is 57.7 Å². The first-order valence-corrected chi connectivity index (χ1v) is 11.0. The summed E-state index contributed by atoms with van der Waals surface area (Å²) >= 11 is 2.03. The summed E-state index contributed by atoms with van der Waals surface area (Å²) in [7, 11) is 0. The molecule has 0 aliphatic heterocycles. The van der Waals surface area contributed by atoms with Gasteiger partial charge in [0.25, 0.3) is 0 Å². The monoisotopic (exact) mass is 348 g/mol. The second kappa shape index (κ2) is 11.9. The van der Waals surface area contributed by atoms with Crippen LogP contribution in [0, 0.1) is 5.92 Å². The molecular weight excluding hydrogens is 312 g/mol. The minimum absolute atomic E-state index is 0.722. The lowest BCUT2D eigenvalue weighted by molar-refractivity contribution is 0.174. The SMILES string of the molecule is CCC(C)N(CCNCCSCc1ccccc1)CC1CCCC1. The maximum Gasteiger partial charge on any atom is 0.0185 e. The molecule has 0 bridgehead atoms. The Labute approximate surface area is 153 Å². The van der Waals surface area contributed by atoms with Gasteiger partial charge in [-0.15, -0.1) is 0 Å². The van der Waals surface area contributed by atoms with Gasteiger partial charge in [0.2, 0.25) is 0 Å². The number of thioether (sulfide) groups is 1. The van der Waals surface area contributed by atoms with E-state index in [1.807, 2.05) is 11.8 Å². The molecule has 1 fully saturated rings. The van der Waals surface area contributed by atoms with Crippen LogP contribution in [-0.4, -0.2) is 42.9 Å². The van der Waals surface area contributed by atoms with Gasteiger partial charge in [0.1, 0.15) is 0 Å². The summed E-state index contributed by atoms with van der Waals surface area (Å²) in [5, 5.41) is 3.64. The van der Waals surface area contributed by atoms with Gasteiger partial charge in [0.15, 0.2) is 0 Å². The van der Waals surface area contributed by atoms with Gasteiger partial charge in [0.05, 0.1) is 0 Å². The Morgan fingerprint density at radius 1 is 1.17 bits per heavy atom. The van der Waals surface area contributed by atoms with Crippen molar-refractivity contribution in [3.05, 3.63) is 35.9 Å². The molecule has 1 N–H and O–H groups in total. The van der Waals surface area contributed by atoms with Crippen LogP contribution in [-0.2, 0) is 5.75 Å². The van der Waals surface area contributed by atoms with Crippen LogP contribution in [0.5, 0.6) is 0 Å². The molecule has 0 spiro atoms. The average molecular weight is 349 g/mol. The van der Waals surface area contributed by atoms with E-state index in [1.165, 1.54) is 56.5 Å². The van der Waals surface area contributed by atoms with E-state index in [9.17, 15) is 0 Å². The van der Waals surface area contributed by atoms with Crippen LogP contribution in [0.2, 0.25) is 0 Å². The standard InChI is InChI=1S/C21H36N2S/c1-3-19(2)23(17-20-9-7-8-10-20)15-13-22-14-16-24-18-21-11-5-4-6-12-21/h4-6,11-12,19-20,22H,3,7-10,13-18H2,1-2H3. The molecule has 0 heterocycles. The van der Waals surface area contributed by atoms with E-state index in [1.54, 1.807) is 0 Å². The molecule has 1 saturated carbocycles. The molecule has 1 aromatic rings.